The standard InChI is InChI=1S/C11H16INO5S/c1-8(18-19(13,14)15)11(17-7-16-2)9-5-3-4-6-10(9)12/h3-6,8,11H,7H2,1-2H3,(H2,13,14,15). The molecule has 0 bridgehead atoms. The number of hydrogen-bond donors (Lipinski definition) is 1. The predicted octanol–water partition coefficient (Wildman–Crippen LogP) is 1.56. The average Bonchev–Trinajstić information content (AvgIpc) is 2.29. The number of halogens is 1. The molecule has 1 aromatic rings. The Morgan fingerprint density at radius 1 is 1.37 bits per heavy atom. The summed E-state index contributed by atoms with van der Waals surface area (Å²) in [5, 5.41) is 4.88. The molecule has 0 aromatic heterocycles. The molecule has 8 heteroatoms. The lowest BCUT2D eigenvalue weighted by Gasteiger charge is -2.24. The molecule has 2 atom stereocenters. The van der Waals surface area contributed by atoms with Gasteiger partial charge in [-0.25, -0.2) is 5.14 Å². The highest BCUT2D eigenvalue weighted by atomic mass is 127. The van der Waals surface area contributed by atoms with Gasteiger partial charge in [0.25, 0.3) is 0 Å². The van der Waals surface area contributed by atoms with Gasteiger partial charge in [-0.05, 0) is 41.1 Å². The second kappa shape index (κ2) is 7.50. The molecule has 6 nitrogen and oxygen atoms in total. The van der Waals surface area contributed by atoms with E-state index >= 15 is 0 Å². The summed E-state index contributed by atoms with van der Waals surface area (Å²) in [6.45, 7) is 1.60. The van der Waals surface area contributed by atoms with Crippen LogP contribution in [0.3, 0.4) is 0 Å². The first-order valence-electron chi connectivity index (χ1n) is 5.41. The van der Waals surface area contributed by atoms with Crippen LogP contribution in [0.2, 0.25) is 0 Å². The van der Waals surface area contributed by atoms with Gasteiger partial charge in [-0.15, -0.1) is 0 Å². The fourth-order valence-electron chi connectivity index (χ4n) is 1.59. The van der Waals surface area contributed by atoms with Crippen LogP contribution in [0.4, 0.5) is 0 Å². The van der Waals surface area contributed by atoms with Gasteiger partial charge in [-0.3, -0.25) is 4.18 Å². The third-order valence-electron chi connectivity index (χ3n) is 2.29. The van der Waals surface area contributed by atoms with E-state index < -0.39 is 22.5 Å². The molecule has 0 heterocycles. The minimum absolute atomic E-state index is 0.0218. The van der Waals surface area contributed by atoms with E-state index in [1.54, 1.807) is 6.92 Å². The fourth-order valence-corrected chi connectivity index (χ4v) is 2.81. The van der Waals surface area contributed by atoms with Gasteiger partial charge in [0.05, 0.1) is 0 Å². The minimum atomic E-state index is -4.04. The van der Waals surface area contributed by atoms with Crippen molar-refractivity contribution in [2.24, 2.45) is 5.14 Å². The molecule has 0 saturated carbocycles. The minimum Gasteiger partial charge on any atom is -0.359 e. The maximum atomic E-state index is 11.0. The zero-order valence-electron chi connectivity index (χ0n) is 10.6. The monoisotopic (exact) mass is 401 g/mol. The van der Waals surface area contributed by atoms with Gasteiger partial charge >= 0.3 is 10.3 Å². The Labute approximate surface area is 126 Å². The van der Waals surface area contributed by atoms with E-state index in [1.165, 1.54) is 7.11 Å². The largest absolute Gasteiger partial charge is 0.359 e. The number of benzene rings is 1. The van der Waals surface area contributed by atoms with E-state index in [2.05, 4.69) is 22.6 Å². The van der Waals surface area contributed by atoms with Crippen LogP contribution >= 0.6 is 22.6 Å². The van der Waals surface area contributed by atoms with Crippen molar-refractivity contribution in [3.63, 3.8) is 0 Å². The van der Waals surface area contributed by atoms with Crippen LogP contribution in [0.15, 0.2) is 24.3 Å². The van der Waals surface area contributed by atoms with Gasteiger partial charge in [0.1, 0.15) is 19.0 Å². The zero-order valence-corrected chi connectivity index (χ0v) is 13.6. The first-order valence-corrected chi connectivity index (χ1v) is 7.96. The molecule has 0 aliphatic heterocycles. The number of ether oxygens (including phenoxy) is 2. The van der Waals surface area contributed by atoms with E-state index in [1.807, 2.05) is 24.3 Å². The first-order chi connectivity index (χ1) is 8.85. The molecule has 0 amide bonds. The van der Waals surface area contributed by atoms with Crippen LogP contribution in [0, 0.1) is 3.57 Å². The summed E-state index contributed by atoms with van der Waals surface area (Å²) in [5.41, 5.74) is 0.816. The summed E-state index contributed by atoms with van der Waals surface area (Å²) in [5.74, 6) is 0. The molecule has 0 radical (unpaired) electrons. The molecule has 0 aliphatic carbocycles. The highest BCUT2D eigenvalue weighted by Crippen LogP contribution is 2.28. The third kappa shape index (κ3) is 5.71. The van der Waals surface area contributed by atoms with E-state index in [0.717, 1.165) is 9.13 Å². The van der Waals surface area contributed by atoms with Crippen molar-refractivity contribution >= 4 is 32.9 Å². The SMILES string of the molecule is COCOC(c1ccccc1I)C(C)OS(N)(=O)=O. The second-order valence-electron chi connectivity index (χ2n) is 3.81. The molecule has 108 valence electrons. The quantitative estimate of drug-likeness (QED) is 0.554. The fraction of sp³-hybridized carbons (Fsp3) is 0.455. The lowest BCUT2D eigenvalue weighted by Crippen LogP contribution is -2.29. The first kappa shape index (κ1) is 16.8. The molecular weight excluding hydrogens is 385 g/mol. The summed E-state index contributed by atoms with van der Waals surface area (Å²) in [6, 6.07) is 7.45. The lowest BCUT2D eigenvalue weighted by molar-refractivity contribution is -0.104. The van der Waals surface area contributed by atoms with Crippen LogP contribution in [0.5, 0.6) is 0 Å². The van der Waals surface area contributed by atoms with Crippen molar-refractivity contribution in [1.82, 2.24) is 0 Å². The normalized spacial score (nSPS) is 15.2. The molecule has 1 aromatic carbocycles. The Hall–Kier alpha value is -0.260. The molecule has 0 spiro atoms. The Balaban J connectivity index is 2.97. The Kier molecular flexibility index (Phi) is 6.63. The van der Waals surface area contributed by atoms with Crippen molar-refractivity contribution in [3.8, 4) is 0 Å². The van der Waals surface area contributed by atoms with Crippen LogP contribution in [0.25, 0.3) is 0 Å². The van der Waals surface area contributed by atoms with Gasteiger partial charge in [0.2, 0.25) is 0 Å². The number of rotatable bonds is 7. The van der Waals surface area contributed by atoms with Gasteiger partial charge < -0.3 is 9.47 Å². The number of hydrogen-bond acceptors (Lipinski definition) is 5. The van der Waals surface area contributed by atoms with E-state index in [-0.39, 0.29) is 6.79 Å². The highest BCUT2D eigenvalue weighted by molar-refractivity contribution is 14.1. The van der Waals surface area contributed by atoms with Gasteiger partial charge in [0, 0.05) is 10.7 Å². The Morgan fingerprint density at radius 2 is 2.00 bits per heavy atom. The van der Waals surface area contributed by atoms with Crippen LogP contribution in [0.1, 0.15) is 18.6 Å². The summed E-state index contributed by atoms with van der Waals surface area (Å²) in [6.07, 6.45) is -1.35. The maximum absolute atomic E-state index is 11.0. The van der Waals surface area contributed by atoms with Crippen molar-refractivity contribution in [2.75, 3.05) is 13.9 Å². The number of methoxy groups -OCH3 is 1. The summed E-state index contributed by atoms with van der Waals surface area (Å²) < 4.78 is 38.1. The lowest BCUT2D eigenvalue weighted by atomic mass is 10.1. The smallest absolute Gasteiger partial charge is 0.333 e. The van der Waals surface area contributed by atoms with Gasteiger partial charge in [-0.2, -0.15) is 8.42 Å². The third-order valence-corrected chi connectivity index (χ3v) is 3.84. The molecule has 2 unspecified atom stereocenters. The van der Waals surface area contributed by atoms with E-state index in [0.29, 0.717) is 0 Å². The molecule has 19 heavy (non-hydrogen) atoms. The van der Waals surface area contributed by atoms with Gasteiger partial charge in [0.15, 0.2) is 0 Å². The average molecular weight is 401 g/mol. The maximum Gasteiger partial charge on any atom is 0.333 e. The molecule has 0 saturated heterocycles. The van der Waals surface area contributed by atoms with Crippen LogP contribution in [-0.2, 0) is 24.0 Å². The summed E-state index contributed by atoms with van der Waals surface area (Å²) in [7, 11) is -2.55. The molecule has 0 aliphatic rings. The van der Waals surface area contributed by atoms with Crippen LogP contribution in [-0.4, -0.2) is 28.4 Å². The number of nitrogens with two attached hydrogens (primary N) is 1. The van der Waals surface area contributed by atoms with E-state index in [4.69, 9.17) is 18.8 Å². The summed E-state index contributed by atoms with van der Waals surface area (Å²) >= 11 is 2.14. The Morgan fingerprint density at radius 3 is 2.53 bits per heavy atom. The van der Waals surface area contributed by atoms with Crippen molar-refractivity contribution in [2.45, 2.75) is 19.1 Å². The van der Waals surface area contributed by atoms with E-state index in [9.17, 15) is 8.42 Å². The molecular formula is C11H16INO5S. The zero-order chi connectivity index (χ0) is 14.5. The molecule has 0 fully saturated rings. The Bertz CT molecular complexity index is 508. The second-order valence-corrected chi connectivity index (χ2v) is 6.15. The molecule has 2 N–H and O–H groups in total. The van der Waals surface area contributed by atoms with Crippen molar-refractivity contribution in [3.05, 3.63) is 33.4 Å². The summed E-state index contributed by atoms with van der Waals surface area (Å²) in [4.78, 5) is 0. The van der Waals surface area contributed by atoms with Gasteiger partial charge in [-0.1, -0.05) is 18.2 Å². The van der Waals surface area contributed by atoms with Crippen molar-refractivity contribution in [1.29, 1.82) is 0 Å². The molecule has 1 rings (SSSR count). The van der Waals surface area contributed by atoms with Crippen LogP contribution < -0.4 is 5.14 Å². The predicted molar refractivity (Wildman–Crippen MR) is 78.5 cm³/mol. The topological polar surface area (TPSA) is 87.8 Å². The van der Waals surface area contributed by atoms with Crippen molar-refractivity contribution < 1.29 is 22.1 Å². The highest BCUT2D eigenvalue weighted by Gasteiger charge is 2.26.